The number of nitrogens with one attached hydrogen (secondary N) is 2. The van der Waals surface area contributed by atoms with Crippen LogP contribution < -0.4 is 10.0 Å². The van der Waals surface area contributed by atoms with Crippen LogP contribution in [-0.4, -0.2) is 65.9 Å². The molecule has 8 nitrogen and oxygen atoms in total. The van der Waals surface area contributed by atoms with Crippen molar-refractivity contribution < 1.29 is 23.4 Å². The Morgan fingerprint density at radius 2 is 2.15 bits per heavy atom. The molecule has 118 valence electrons. The summed E-state index contributed by atoms with van der Waals surface area (Å²) in [5, 5.41) is 2.40. The lowest BCUT2D eigenvalue weighted by Crippen LogP contribution is -2.33. The van der Waals surface area contributed by atoms with Gasteiger partial charge in [-0.1, -0.05) is 0 Å². The maximum Gasteiger partial charge on any atom is 0.245 e. The second kappa shape index (κ2) is 9.72. The van der Waals surface area contributed by atoms with Gasteiger partial charge in [-0.15, -0.1) is 10.8 Å². The van der Waals surface area contributed by atoms with Gasteiger partial charge >= 0.3 is 0 Å². The van der Waals surface area contributed by atoms with Gasteiger partial charge in [0.15, 0.2) is 0 Å². The molecule has 0 aromatic heterocycles. The van der Waals surface area contributed by atoms with Crippen molar-refractivity contribution in [2.45, 2.75) is 12.5 Å². The molecule has 20 heavy (non-hydrogen) atoms. The molecule has 0 fully saturated rings. The van der Waals surface area contributed by atoms with Gasteiger partial charge in [0, 0.05) is 45.8 Å². The number of nitrogens with zero attached hydrogens (tertiary/aromatic N) is 1. The highest BCUT2D eigenvalue weighted by Gasteiger charge is 2.12. The Morgan fingerprint density at radius 1 is 1.50 bits per heavy atom. The standard InChI is InChI=1S/C11H23N3O5S/c1-12-11(16)5-7-14(9-15)6-4-10(19-2)8-13-20(3,17)18/h5,7,9-10,13,17-18H,4,6,8H2,1-3H3,(H,12,16)/b7-5-. The molecular formula is C11H23N3O5S. The highest BCUT2D eigenvalue weighted by molar-refractivity contribution is 8.22. The van der Waals surface area contributed by atoms with Gasteiger partial charge in [0.05, 0.1) is 6.10 Å². The number of likely N-dealkylation sites (N-methyl/N-ethyl adjacent to an activating group) is 1. The number of rotatable bonds is 10. The lowest BCUT2D eigenvalue weighted by atomic mass is 10.2. The van der Waals surface area contributed by atoms with Crippen LogP contribution in [0.2, 0.25) is 0 Å². The normalized spacial score (nSPS) is 14.1. The Bertz CT molecular complexity index is 333. The first-order valence-corrected chi connectivity index (χ1v) is 7.89. The van der Waals surface area contributed by atoms with Crippen LogP contribution in [0.25, 0.3) is 0 Å². The summed E-state index contributed by atoms with van der Waals surface area (Å²) in [4.78, 5) is 23.2. The summed E-state index contributed by atoms with van der Waals surface area (Å²) in [6.07, 6.45) is 4.71. The van der Waals surface area contributed by atoms with E-state index < -0.39 is 10.8 Å². The van der Waals surface area contributed by atoms with Crippen molar-refractivity contribution in [2.24, 2.45) is 0 Å². The van der Waals surface area contributed by atoms with Crippen LogP contribution in [0.5, 0.6) is 0 Å². The Morgan fingerprint density at radius 3 is 2.60 bits per heavy atom. The Kier molecular flexibility index (Phi) is 9.17. The largest absolute Gasteiger partial charge is 0.380 e. The molecule has 0 saturated heterocycles. The molecule has 4 N–H and O–H groups in total. The second-order valence-electron chi connectivity index (χ2n) is 4.10. The van der Waals surface area contributed by atoms with Crippen molar-refractivity contribution in [1.82, 2.24) is 14.9 Å². The number of hydrogen-bond acceptors (Lipinski definition) is 6. The maximum atomic E-state index is 11.0. The van der Waals surface area contributed by atoms with Gasteiger partial charge in [-0.25, -0.2) is 4.72 Å². The second-order valence-corrected chi connectivity index (χ2v) is 6.06. The van der Waals surface area contributed by atoms with Crippen LogP contribution in [-0.2, 0) is 14.3 Å². The minimum absolute atomic E-state index is 0.251. The van der Waals surface area contributed by atoms with E-state index in [1.807, 2.05) is 0 Å². The van der Waals surface area contributed by atoms with E-state index in [9.17, 15) is 18.7 Å². The molecule has 0 aliphatic heterocycles. The molecule has 0 radical (unpaired) electrons. The first kappa shape index (κ1) is 18.9. The Labute approximate surface area is 120 Å². The lowest BCUT2D eigenvalue weighted by Gasteiger charge is -2.30. The molecule has 9 heteroatoms. The van der Waals surface area contributed by atoms with Crippen molar-refractivity contribution in [3.05, 3.63) is 12.3 Å². The molecule has 0 rings (SSSR count). The zero-order valence-electron chi connectivity index (χ0n) is 11.9. The fraction of sp³-hybridized carbons (Fsp3) is 0.636. The fourth-order valence-electron chi connectivity index (χ4n) is 1.26. The smallest absolute Gasteiger partial charge is 0.245 e. The molecule has 0 aliphatic carbocycles. The quantitative estimate of drug-likeness (QED) is 0.334. The molecular weight excluding hydrogens is 286 g/mol. The van der Waals surface area contributed by atoms with Crippen molar-refractivity contribution in [3.8, 4) is 0 Å². The number of amides is 2. The van der Waals surface area contributed by atoms with Crippen LogP contribution in [0.1, 0.15) is 6.42 Å². The van der Waals surface area contributed by atoms with Gasteiger partial charge in [-0.3, -0.25) is 18.7 Å². The summed E-state index contributed by atoms with van der Waals surface area (Å²) >= 11 is 0. The molecule has 0 saturated carbocycles. The van der Waals surface area contributed by atoms with Gasteiger partial charge in [0.1, 0.15) is 0 Å². The summed E-state index contributed by atoms with van der Waals surface area (Å²) in [5.74, 6) is -0.304. The van der Waals surface area contributed by atoms with Crippen LogP contribution in [0, 0.1) is 0 Å². The average molecular weight is 309 g/mol. The maximum absolute atomic E-state index is 11.0. The topological polar surface area (TPSA) is 111 Å². The van der Waals surface area contributed by atoms with E-state index in [0.717, 1.165) is 0 Å². The van der Waals surface area contributed by atoms with Gasteiger partial charge in [0.25, 0.3) is 0 Å². The summed E-state index contributed by atoms with van der Waals surface area (Å²) in [5.41, 5.74) is 0. The highest BCUT2D eigenvalue weighted by atomic mass is 32.3. The van der Waals surface area contributed by atoms with Crippen LogP contribution in [0.15, 0.2) is 12.3 Å². The van der Waals surface area contributed by atoms with E-state index >= 15 is 0 Å². The third-order valence-electron chi connectivity index (χ3n) is 2.43. The predicted octanol–water partition coefficient (Wildman–Crippen LogP) is -0.00540. The monoisotopic (exact) mass is 309 g/mol. The van der Waals surface area contributed by atoms with Crippen LogP contribution in [0.4, 0.5) is 0 Å². The minimum Gasteiger partial charge on any atom is -0.380 e. The molecule has 0 aliphatic rings. The Hall–Kier alpha value is -1.13. The van der Waals surface area contributed by atoms with E-state index in [0.29, 0.717) is 19.4 Å². The van der Waals surface area contributed by atoms with Crippen LogP contribution in [0.3, 0.4) is 0 Å². The zero-order valence-corrected chi connectivity index (χ0v) is 12.7. The number of carbonyl (C=O) groups is 2. The number of carbonyl (C=O) groups excluding carboxylic acids is 2. The number of ether oxygens (including phenoxy) is 1. The fourth-order valence-corrected chi connectivity index (χ4v) is 1.76. The van der Waals surface area contributed by atoms with Crippen molar-refractivity contribution >= 4 is 23.1 Å². The molecule has 2 amide bonds. The SMILES string of the molecule is CNC(=O)/C=C\N(C=O)CCC(CNS(C)(O)O)OC. The van der Waals surface area contributed by atoms with Gasteiger partial charge < -0.3 is 15.0 Å². The number of hydrogen-bond donors (Lipinski definition) is 4. The van der Waals surface area contributed by atoms with E-state index in [4.69, 9.17) is 4.74 Å². The predicted molar refractivity (Wildman–Crippen MR) is 78.2 cm³/mol. The van der Waals surface area contributed by atoms with E-state index in [2.05, 4.69) is 10.0 Å². The number of methoxy groups -OCH3 is 1. The van der Waals surface area contributed by atoms with E-state index in [-0.39, 0.29) is 18.6 Å². The van der Waals surface area contributed by atoms with Gasteiger partial charge in [-0.2, -0.15) is 0 Å². The molecule has 1 unspecified atom stereocenters. The van der Waals surface area contributed by atoms with Crippen molar-refractivity contribution in [2.75, 3.05) is 33.5 Å². The zero-order chi connectivity index (χ0) is 15.6. The molecule has 0 heterocycles. The minimum atomic E-state index is -2.78. The molecule has 0 aromatic rings. The molecule has 0 aromatic carbocycles. The highest BCUT2D eigenvalue weighted by Crippen LogP contribution is 2.26. The third kappa shape index (κ3) is 9.75. The van der Waals surface area contributed by atoms with Gasteiger partial charge in [0.2, 0.25) is 12.3 Å². The van der Waals surface area contributed by atoms with E-state index in [1.54, 1.807) is 0 Å². The van der Waals surface area contributed by atoms with Crippen molar-refractivity contribution in [1.29, 1.82) is 0 Å². The molecule has 1 atom stereocenters. The van der Waals surface area contributed by atoms with E-state index in [1.165, 1.54) is 37.6 Å². The molecule has 0 spiro atoms. The summed E-state index contributed by atoms with van der Waals surface area (Å²) < 4.78 is 26.1. The Balaban J connectivity index is 4.21. The summed E-state index contributed by atoms with van der Waals surface area (Å²) in [6, 6.07) is 0. The lowest BCUT2D eigenvalue weighted by molar-refractivity contribution is -0.116. The average Bonchev–Trinajstić information content (AvgIpc) is 2.40. The summed E-state index contributed by atoms with van der Waals surface area (Å²) in [7, 11) is 0.215. The first-order valence-electron chi connectivity index (χ1n) is 5.94. The van der Waals surface area contributed by atoms with Gasteiger partial charge in [-0.05, 0) is 6.42 Å². The molecule has 0 bridgehead atoms. The summed E-state index contributed by atoms with van der Waals surface area (Å²) in [6.45, 7) is 0.598. The first-order chi connectivity index (χ1) is 9.32. The van der Waals surface area contributed by atoms with Crippen LogP contribution >= 0.6 is 10.8 Å². The van der Waals surface area contributed by atoms with Crippen molar-refractivity contribution in [3.63, 3.8) is 0 Å². The third-order valence-corrected chi connectivity index (χ3v) is 3.14.